The summed E-state index contributed by atoms with van der Waals surface area (Å²) < 4.78 is 18.4. The Labute approximate surface area is 122 Å². The molecule has 116 valence electrons. The Bertz CT molecular complexity index is 494. The number of carboxylic acids is 1. The summed E-state index contributed by atoms with van der Waals surface area (Å²) in [6.45, 7) is 3.70. The van der Waals surface area contributed by atoms with Gasteiger partial charge in [0.2, 0.25) is 0 Å². The van der Waals surface area contributed by atoms with Crippen molar-refractivity contribution in [2.75, 3.05) is 25.1 Å². The van der Waals surface area contributed by atoms with Gasteiger partial charge in [-0.2, -0.15) is 0 Å². The van der Waals surface area contributed by atoms with E-state index in [9.17, 15) is 14.0 Å². The fraction of sp³-hybridized carbons (Fsp3) is 0.429. The lowest BCUT2D eigenvalue weighted by Crippen LogP contribution is -2.30. The minimum atomic E-state index is -1.38. The molecule has 0 aliphatic carbocycles. The van der Waals surface area contributed by atoms with Gasteiger partial charge in [-0.25, -0.2) is 14.0 Å². The molecule has 21 heavy (non-hydrogen) atoms. The minimum Gasteiger partial charge on any atom is -0.478 e. The lowest BCUT2D eigenvalue weighted by Gasteiger charge is -2.08. The number of benzene rings is 1. The molecule has 0 aromatic heterocycles. The number of nitrogens with one attached hydrogen (secondary N) is 2. The molecular formula is C14H19FN2O4. The van der Waals surface area contributed by atoms with Crippen LogP contribution in [0.5, 0.6) is 0 Å². The molecule has 1 rings (SSSR count). The fourth-order valence-electron chi connectivity index (χ4n) is 1.56. The number of amides is 2. The molecule has 0 bridgehead atoms. The lowest BCUT2D eigenvalue weighted by molar-refractivity contribution is 0.0692. The number of hydrogen-bond acceptors (Lipinski definition) is 3. The van der Waals surface area contributed by atoms with Crippen LogP contribution in [0, 0.1) is 5.82 Å². The molecule has 3 N–H and O–H groups in total. The zero-order valence-corrected chi connectivity index (χ0v) is 11.8. The summed E-state index contributed by atoms with van der Waals surface area (Å²) in [5, 5.41) is 13.8. The number of rotatable bonds is 8. The lowest BCUT2D eigenvalue weighted by atomic mass is 10.2. The van der Waals surface area contributed by atoms with Gasteiger partial charge in [0.15, 0.2) is 0 Å². The molecule has 7 heteroatoms. The van der Waals surface area contributed by atoms with Gasteiger partial charge < -0.3 is 20.5 Å². The largest absolute Gasteiger partial charge is 0.478 e. The third-order valence-corrected chi connectivity index (χ3v) is 2.55. The molecule has 6 nitrogen and oxygen atoms in total. The highest BCUT2D eigenvalue weighted by Gasteiger charge is 2.11. The zero-order chi connectivity index (χ0) is 15.7. The molecular weight excluding hydrogens is 279 g/mol. The van der Waals surface area contributed by atoms with Crippen LogP contribution in [0.25, 0.3) is 0 Å². The highest BCUT2D eigenvalue weighted by atomic mass is 19.1. The first-order chi connectivity index (χ1) is 10.0. The Morgan fingerprint density at radius 1 is 1.33 bits per heavy atom. The summed E-state index contributed by atoms with van der Waals surface area (Å²) in [5.41, 5.74) is -0.269. The van der Waals surface area contributed by atoms with Gasteiger partial charge in [0.05, 0.1) is 5.56 Å². The van der Waals surface area contributed by atoms with Gasteiger partial charge >= 0.3 is 12.0 Å². The van der Waals surface area contributed by atoms with Crippen LogP contribution in [0.3, 0.4) is 0 Å². The van der Waals surface area contributed by atoms with Crippen molar-refractivity contribution >= 4 is 17.7 Å². The van der Waals surface area contributed by atoms with E-state index in [0.717, 1.165) is 18.6 Å². The molecule has 0 fully saturated rings. The van der Waals surface area contributed by atoms with Crippen LogP contribution >= 0.6 is 0 Å². The number of ether oxygens (including phenoxy) is 1. The van der Waals surface area contributed by atoms with Gasteiger partial charge in [-0.15, -0.1) is 0 Å². The van der Waals surface area contributed by atoms with Gasteiger partial charge in [-0.3, -0.25) is 0 Å². The van der Waals surface area contributed by atoms with E-state index < -0.39 is 23.4 Å². The normalized spacial score (nSPS) is 10.2. The zero-order valence-electron chi connectivity index (χ0n) is 11.8. The van der Waals surface area contributed by atoms with Crippen molar-refractivity contribution in [1.29, 1.82) is 0 Å². The molecule has 0 radical (unpaired) electrons. The summed E-state index contributed by atoms with van der Waals surface area (Å²) in [7, 11) is 0. The molecule has 0 unspecified atom stereocenters. The standard InChI is InChI=1S/C14H19FN2O4/c1-2-7-21-8-3-6-16-14(20)17-10-4-5-12(15)11(9-10)13(18)19/h4-5,9H,2-3,6-8H2,1H3,(H,18,19)(H2,16,17,20). The number of carbonyl (C=O) groups is 2. The predicted molar refractivity (Wildman–Crippen MR) is 76.1 cm³/mol. The first-order valence-corrected chi connectivity index (χ1v) is 6.70. The molecule has 0 aliphatic rings. The fourth-order valence-corrected chi connectivity index (χ4v) is 1.56. The molecule has 0 saturated carbocycles. The van der Waals surface area contributed by atoms with Crippen LogP contribution in [0.4, 0.5) is 14.9 Å². The number of carboxylic acid groups (broad SMARTS) is 1. The van der Waals surface area contributed by atoms with E-state index in [1.807, 2.05) is 6.92 Å². The summed E-state index contributed by atoms with van der Waals surface area (Å²) in [6.07, 6.45) is 1.63. The second kappa shape index (κ2) is 8.91. The summed E-state index contributed by atoms with van der Waals surface area (Å²) in [6, 6.07) is 2.89. The number of hydrogen-bond donors (Lipinski definition) is 3. The Morgan fingerprint density at radius 2 is 2.10 bits per heavy atom. The highest BCUT2D eigenvalue weighted by Crippen LogP contribution is 2.14. The van der Waals surface area contributed by atoms with Crippen molar-refractivity contribution < 1.29 is 23.8 Å². The third-order valence-electron chi connectivity index (χ3n) is 2.55. The van der Waals surface area contributed by atoms with E-state index in [1.165, 1.54) is 6.07 Å². The summed E-state index contributed by atoms with van der Waals surface area (Å²) in [5.74, 6) is -2.23. The molecule has 0 heterocycles. The van der Waals surface area contributed by atoms with E-state index in [0.29, 0.717) is 26.2 Å². The van der Waals surface area contributed by atoms with Gasteiger partial charge in [0, 0.05) is 25.4 Å². The van der Waals surface area contributed by atoms with Crippen molar-refractivity contribution in [1.82, 2.24) is 5.32 Å². The second-order valence-corrected chi connectivity index (χ2v) is 4.35. The monoisotopic (exact) mass is 298 g/mol. The number of anilines is 1. The molecule has 1 aromatic carbocycles. The summed E-state index contributed by atoms with van der Waals surface area (Å²) in [4.78, 5) is 22.3. The average Bonchev–Trinajstić information content (AvgIpc) is 2.44. The predicted octanol–water partition coefficient (Wildman–Crippen LogP) is 2.46. The topological polar surface area (TPSA) is 87.7 Å². The molecule has 0 spiro atoms. The maximum absolute atomic E-state index is 13.2. The quantitative estimate of drug-likeness (QED) is 0.643. The molecule has 2 amide bonds. The highest BCUT2D eigenvalue weighted by molar-refractivity contribution is 5.93. The van der Waals surface area contributed by atoms with Crippen LogP contribution < -0.4 is 10.6 Å². The van der Waals surface area contributed by atoms with E-state index in [2.05, 4.69) is 10.6 Å². The second-order valence-electron chi connectivity index (χ2n) is 4.35. The number of halogens is 1. The van der Waals surface area contributed by atoms with Gasteiger partial charge in [-0.1, -0.05) is 6.92 Å². The molecule has 1 aromatic rings. The van der Waals surface area contributed by atoms with E-state index in [1.54, 1.807) is 0 Å². The van der Waals surface area contributed by atoms with Crippen LogP contribution in [0.15, 0.2) is 18.2 Å². The molecule has 0 aliphatic heterocycles. The van der Waals surface area contributed by atoms with E-state index in [-0.39, 0.29) is 5.69 Å². The van der Waals surface area contributed by atoms with Crippen LogP contribution in [0.1, 0.15) is 30.1 Å². The average molecular weight is 298 g/mol. The first kappa shape index (κ1) is 16.9. The van der Waals surface area contributed by atoms with Crippen molar-refractivity contribution in [2.45, 2.75) is 19.8 Å². The Hall–Kier alpha value is -2.15. The molecule has 0 saturated heterocycles. The Morgan fingerprint density at radius 3 is 2.76 bits per heavy atom. The Balaban J connectivity index is 2.38. The van der Waals surface area contributed by atoms with Crippen LogP contribution in [0.2, 0.25) is 0 Å². The first-order valence-electron chi connectivity index (χ1n) is 6.70. The Kier molecular flexibility index (Phi) is 7.17. The van der Waals surface area contributed by atoms with Gasteiger partial charge in [-0.05, 0) is 31.0 Å². The smallest absolute Gasteiger partial charge is 0.338 e. The van der Waals surface area contributed by atoms with Crippen molar-refractivity contribution in [3.8, 4) is 0 Å². The van der Waals surface area contributed by atoms with Gasteiger partial charge in [0.1, 0.15) is 5.82 Å². The van der Waals surface area contributed by atoms with Crippen LogP contribution in [-0.4, -0.2) is 36.9 Å². The number of carbonyl (C=O) groups excluding carboxylic acids is 1. The number of aromatic carboxylic acids is 1. The van der Waals surface area contributed by atoms with E-state index in [4.69, 9.17) is 9.84 Å². The number of urea groups is 1. The molecule has 0 atom stereocenters. The van der Waals surface area contributed by atoms with Crippen molar-refractivity contribution in [2.24, 2.45) is 0 Å². The SMILES string of the molecule is CCCOCCCNC(=O)Nc1ccc(F)c(C(=O)O)c1. The third kappa shape index (κ3) is 6.22. The van der Waals surface area contributed by atoms with Gasteiger partial charge in [0.25, 0.3) is 0 Å². The van der Waals surface area contributed by atoms with E-state index >= 15 is 0 Å². The van der Waals surface area contributed by atoms with Crippen molar-refractivity contribution in [3.05, 3.63) is 29.6 Å². The van der Waals surface area contributed by atoms with Crippen LogP contribution in [-0.2, 0) is 4.74 Å². The summed E-state index contributed by atoms with van der Waals surface area (Å²) >= 11 is 0. The van der Waals surface area contributed by atoms with Crippen molar-refractivity contribution in [3.63, 3.8) is 0 Å². The maximum atomic E-state index is 13.2. The minimum absolute atomic E-state index is 0.216. The maximum Gasteiger partial charge on any atom is 0.338 e.